The van der Waals surface area contributed by atoms with Crippen molar-refractivity contribution >= 4 is 6.08 Å². The van der Waals surface area contributed by atoms with Crippen molar-refractivity contribution in [1.82, 2.24) is 4.57 Å². The summed E-state index contributed by atoms with van der Waals surface area (Å²) in [6, 6.07) is 7.06. The summed E-state index contributed by atoms with van der Waals surface area (Å²) in [7, 11) is 1.56. The highest BCUT2D eigenvalue weighted by molar-refractivity contribution is 5.29. The lowest BCUT2D eigenvalue weighted by Crippen LogP contribution is -2.51. The summed E-state index contributed by atoms with van der Waals surface area (Å²) in [5.74, 6) is -0.649. The van der Waals surface area contributed by atoms with Crippen LogP contribution in [0.1, 0.15) is 12.0 Å². The molecule has 0 atom stereocenters. The summed E-state index contributed by atoms with van der Waals surface area (Å²) < 4.78 is 24.4. The molecule has 23 heavy (non-hydrogen) atoms. The Balaban J connectivity index is 2.16. The van der Waals surface area contributed by atoms with Crippen LogP contribution in [0, 0.1) is 0 Å². The van der Waals surface area contributed by atoms with Gasteiger partial charge >= 0.3 is 11.4 Å². The number of halogens is 1. The lowest BCUT2D eigenvalue weighted by atomic mass is 10.2. The van der Waals surface area contributed by atoms with E-state index in [0.717, 1.165) is 11.8 Å². The van der Waals surface area contributed by atoms with E-state index in [-0.39, 0.29) is 23.7 Å². The van der Waals surface area contributed by atoms with Gasteiger partial charge in [-0.05, 0) is 17.7 Å². The molecule has 0 saturated heterocycles. The molecule has 1 aliphatic rings. The molecule has 2 aromatic rings. The summed E-state index contributed by atoms with van der Waals surface area (Å²) in [5, 5.41) is 0.0852. The molecule has 1 aromatic carbocycles. The predicted octanol–water partition coefficient (Wildman–Crippen LogP) is 0.473. The monoisotopic (exact) mass is 316 g/mol. The molecule has 0 unspecified atom stereocenters. The number of hydrogen-bond acceptors (Lipinski definition) is 5. The van der Waals surface area contributed by atoms with Crippen LogP contribution in [0.25, 0.3) is 6.08 Å². The normalized spacial score (nSPS) is 13.2. The minimum Gasteiger partial charge on any atom is -0.497 e. The predicted molar refractivity (Wildman–Crippen MR) is 80.4 cm³/mol. The van der Waals surface area contributed by atoms with Crippen molar-refractivity contribution in [2.75, 3.05) is 7.11 Å². The maximum absolute atomic E-state index is 13.4. The van der Waals surface area contributed by atoms with E-state index in [1.165, 1.54) is 10.6 Å². The molecule has 2 heterocycles. The lowest BCUT2D eigenvalue weighted by molar-refractivity contribution is 0.394. The van der Waals surface area contributed by atoms with Crippen LogP contribution in [-0.4, -0.2) is 11.7 Å². The smallest absolute Gasteiger partial charge is 0.423 e. The van der Waals surface area contributed by atoms with Crippen molar-refractivity contribution in [2.24, 2.45) is 4.99 Å². The van der Waals surface area contributed by atoms with Gasteiger partial charge in [0, 0.05) is 6.42 Å². The summed E-state index contributed by atoms with van der Waals surface area (Å²) >= 11 is 0. The molecular formula is C16H13FN2O4. The van der Waals surface area contributed by atoms with Crippen molar-refractivity contribution in [3.63, 3.8) is 0 Å². The van der Waals surface area contributed by atoms with Gasteiger partial charge in [0.15, 0.2) is 5.49 Å². The number of aromatic nitrogens is 1. The molecule has 0 radical (unpaired) electrons. The van der Waals surface area contributed by atoms with Gasteiger partial charge in [0.25, 0.3) is 0 Å². The van der Waals surface area contributed by atoms with Crippen molar-refractivity contribution in [1.29, 1.82) is 0 Å². The first-order valence-corrected chi connectivity index (χ1v) is 6.88. The summed E-state index contributed by atoms with van der Waals surface area (Å²) in [6.07, 6.45) is 2.31. The van der Waals surface area contributed by atoms with Crippen LogP contribution in [0.3, 0.4) is 0 Å². The second-order valence-electron chi connectivity index (χ2n) is 4.94. The van der Waals surface area contributed by atoms with Crippen LogP contribution in [0.2, 0.25) is 0 Å². The highest BCUT2D eigenvalue weighted by Gasteiger charge is 2.10. The molecule has 1 aromatic heterocycles. The molecule has 0 saturated carbocycles. The maximum atomic E-state index is 13.4. The lowest BCUT2D eigenvalue weighted by Gasteiger charge is -2.06. The molecule has 0 fully saturated rings. The molecule has 0 amide bonds. The Morgan fingerprint density at radius 2 is 2.04 bits per heavy atom. The molecule has 0 N–H and O–H groups in total. The fraction of sp³-hybridized carbons (Fsp3) is 0.188. The first-order chi connectivity index (χ1) is 11.1. The van der Waals surface area contributed by atoms with Gasteiger partial charge in [-0.25, -0.2) is 19.0 Å². The first-order valence-electron chi connectivity index (χ1n) is 6.88. The largest absolute Gasteiger partial charge is 0.497 e. The van der Waals surface area contributed by atoms with Gasteiger partial charge in [-0.1, -0.05) is 18.2 Å². The minimum atomic E-state index is -0.836. The Morgan fingerprint density at radius 3 is 2.74 bits per heavy atom. The van der Waals surface area contributed by atoms with Crippen LogP contribution in [0.15, 0.2) is 55.3 Å². The minimum absolute atomic E-state index is 0.0675. The number of rotatable bonds is 3. The molecular weight excluding hydrogens is 303 g/mol. The third-order valence-electron chi connectivity index (χ3n) is 3.44. The highest BCUT2D eigenvalue weighted by Crippen LogP contribution is 2.11. The maximum Gasteiger partial charge on any atom is 0.423 e. The van der Waals surface area contributed by atoms with Gasteiger partial charge in [-0.3, -0.25) is 4.57 Å². The fourth-order valence-electron chi connectivity index (χ4n) is 2.26. The van der Waals surface area contributed by atoms with Crippen molar-refractivity contribution in [2.45, 2.75) is 13.0 Å². The van der Waals surface area contributed by atoms with E-state index >= 15 is 0 Å². The van der Waals surface area contributed by atoms with Gasteiger partial charge in [-0.15, -0.1) is 0 Å². The molecule has 3 rings (SSSR count). The number of ether oxygens (including phenoxy) is 1. The third-order valence-corrected chi connectivity index (χ3v) is 3.44. The van der Waals surface area contributed by atoms with Crippen LogP contribution in [0.4, 0.5) is 4.39 Å². The molecule has 0 bridgehead atoms. The Morgan fingerprint density at radius 1 is 1.30 bits per heavy atom. The topological polar surface area (TPSA) is 73.8 Å². The Bertz CT molecular complexity index is 1000. The second-order valence-corrected chi connectivity index (χ2v) is 4.94. The zero-order valence-corrected chi connectivity index (χ0v) is 12.3. The standard InChI is InChI=1S/C16H13FN2O4/c1-22-12-5-2-10(3-6-12)9-19-14-13(15(20)23-16(19)21)7-4-11(17)8-18-14/h2-3,5-8H,4,9H2,1H3. The number of hydrogen-bond donors (Lipinski definition) is 0. The summed E-state index contributed by atoms with van der Waals surface area (Å²) in [6.45, 7) is 0.141. The molecule has 7 heteroatoms. The highest BCUT2D eigenvalue weighted by atomic mass is 19.1. The molecule has 0 spiro atoms. The third kappa shape index (κ3) is 2.98. The Hall–Kier alpha value is -2.96. The molecule has 0 aliphatic carbocycles. The average molecular weight is 316 g/mol. The van der Waals surface area contributed by atoms with Gasteiger partial charge < -0.3 is 9.15 Å². The van der Waals surface area contributed by atoms with E-state index in [1.807, 2.05) is 0 Å². The molecule has 118 valence electrons. The first kappa shape index (κ1) is 15.0. The fourth-order valence-corrected chi connectivity index (χ4v) is 2.26. The van der Waals surface area contributed by atoms with Gasteiger partial charge in [-0.2, -0.15) is 0 Å². The SMILES string of the molecule is COc1ccc(Cn2c(=O)oc(=O)c3c2=NC=C(F)CC=3)cc1. The zero-order valence-electron chi connectivity index (χ0n) is 12.3. The average Bonchev–Trinajstić information content (AvgIpc) is 2.74. The molecule has 1 aliphatic heterocycles. The number of nitrogens with zero attached hydrogens (tertiary/aromatic N) is 2. The summed E-state index contributed by atoms with van der Waals surface area (Å²) in [5.41, 5.74) is 0.0606. The molecule has 6 nitrogen and oxygen atoms in total. The van der Waals surface area contributed by atoms with E-state index < -0.39 is 17.2 Å². The van der Waals surface area contributed by atoms with Crippen molar-refractivity contribution in [3.8, 4) is 5.75 Å². The zero-order chi connectivity index (χ0) is 16.4. The van der Waals surface area contributed by atoms with Crippen molar-refractivity contribution < 1.29 is 13.5 Å². The van der Waals surface area contributed by atoms with E-state index in [1.54, 1.807) is 31.4 Å². The van der Waals surface area contributed by atoms with Crippen LogP contribution >= 0.6 is 0 Å². The number of fused-ring (bicyclic) bond motifs is 1. The Labute approximate surface area is 129 Å². The van der Waals surface area contributed by atoms with E-state index in [2.05, 4.69) is 4.99 Å². The number of methoxy groups -OCH3 is 1. The number of benzene rings is 1. The van der Waals surface area contributed by atoms with Gasteiger partial charge in [0.2, 0.25) is 0 Å². The quantitative estimate of drug-likeness (QED) is 0.825. The van der Waals surface area contributed by atoms with Crippen LogP contribution in [-0.2, 0) is 6.54 Å². The van der Waals surface area contributed by atoms with E-state index in [9.17, 15) is 14.0 Å². The summed E-state index contributed by atoms with van der Waals surface area (Å²) in [4.78, 5) is 27.7. The van der Waals surface area contributed by atoms with Gasteiger partial charge in [0.05, 0.1) is 25.1 Å². The second kappa shape index (κ2) is 6.04. The number of allylic oxidation sites excluding steroid dienone is 1. The Kier molecular flexibility index (Phi) is 3.92. The van der Waals surface area contributed by atoms with Crippen molar-refractivity contribution in [3.05, 3.63) is 73.5 Å². The van der Waals surface area contributed by atoms with Crippen LogP contribution in [0.5, 0.6) is 5.75 Å². The van der Waals surface area contributed by atoms with E-state index in [0.29, 0.717) is 5.75 Å². The van der Waals surface area contributed by atoms with Gasteiger partial charge in [0.1, 0.15) is 11.6 Å². The van der Waals surface area contributed by atoms with Crippen LogP contribution < -0.4 is 26.8 Å². The van der Waals surface area contributed by atoms with E-state index in [4.69, 9.17) is 9.15 Å².